The molecular weight excluding hydrogens is 352 g/mol. The molecule has 2 saturated heterocycles. The van der Waals surface area contributed by atoms with Gasteiger partial charge in [-0.1, -0.05) is 23.7 Å². The summed E-state index contributed by atoms with van der Waals surface area (Å²) in [5.74, 6) is 1.82. The first kappa shape index (κ1) is 17.5. The van der Waals surface area contributed by atoms with Crippen molar-refractivity contribution >= 4 is 23.4 Å². The van der Waals surface area contributed by atoms with Gasteiger partial charge in [0.2, 0.25) is 5.95 Å². The molecule has 138 valence electrons. The van der Waals surface area contributed by atoms with Gasteiger partial charge in [0.15, 0.2) is 0 Å². The van der Waals surface area contributed by atoms with Crippen LogP contribution in [0.15, 0.2) is 30.3 Å². The number of aliphatic hydroxyl groups is 1. The Labute approximate surface area is 158 Å². The van der Waals surface area contributed by atoms with Crippen LogP contribution in [-0.2, 0) is 11.2 Å². The van der Waals surface area contributed by atoms with Gasteiger partial charge in [-0.3, -0.25) is 0 Å². The summed E-state index contributed by atoms with van der Waals surface area (Å²) in [5, 5.41) is 13.7. The van der Waals surface area contributed by atoms with E-state index in [0.29, 0.717) is 31.6 Å². The standard InChI is InChI=1S/C19H23ClN4O2/c20-15-3-1-2-13(8-15)4-6-21-18-9-17(14-5-7-26-12-14)22-19(23-18)24-10-16(25)11-24/h1-3,8-9,14,16,25H,4-7,10-12H2,(H,21,22,23)/t14-/m1/s1. The maximum Gasteiger partial charge on any atom is 0.227 e. The summed E-state index contributed by atoms with van der Waals surface area (Å²) in [6, 6.07) is 9.93. The van der Waals surface area contributed by atoms with Gasteiger partial charge in [0.1, 0.15) is 5.82 Å². The maximum atomic E-state index is 9.58. The number of hydrogen-bond donors (Lipinski definition) is 2. The molecule has 26 heavy (non-hydrogen) atoms. The number of nitrogens with one attached hydrogen (secondary N) is 1. The molecule has 7 heteroatoms. The lowest BCUT2D eigenvalue weighted by Gasteiger charge is -2.36. The highest BCUT2D eigenvalue weighted by molar-refractivity contribution is 6.30. The lowest BCUT2D eigenvalue weighted by Crippen LogP contribution is -2.51. The monoisotopic (exact) mass is 374 g/mol. The highest BCUT2D eigenvalue weighted by atomic mass is 35.5. The normalized spacial score (nSPS) is 20.2. The third kappa shape index (κ3) is 4.09. The van der Waals surface area contributed by atoms with Crippen molar-refractivity contribution in [1.29, 1.82) is 0 Å². The molecule has 0 spiro atoms. The number of anilines is 2. The van der Waals surface area contributed by atoms with E-state index in [2.05, 4.69) is 16.4 Å². The van der Waals surface area contributed by atoms with E-state index < -0.39 is 0 Å². The molecule has 1 aromatic carbocycles. The Morgan fingerprint density at radius 1 is 1.27 bits per heavy atom. The Hall–Kier alpha value is -1.89. The molecule has 3 heterocycles. The van der Waals surface area contributed by atoms with Crippen LogP contribution in [0.3, 0.4) is 0 Å². The smallest absolute Gasteiger partial charge is 0.227 e. The SMILES string of the molecule is OC1CN(c2nc(NCCc3cccc(Cl)c3)cc([C@@H]3CCOC3)n2)C1. The number of β-amino-alcohol motifs (C(OH)–C–C–N with tert-alkyl or cyclic N) is 1. The number of benzene rings is 1. The van der Waals surface area contributed by atoms with Crippen LogP contribution in [0.1, 0.15) is 23.6 Å². The van der Waals surface area contributed by atoms with E-state index in [0.717, 1.165) is 42.5 Å². The number of aromatic nitrogens is 2. The summed E-state index contributed by atoms with van der Waals surface area (Å²) in [6.07, 6.45) is 1.57. The number of hydrogen-bond acceptors (Lipinski definition) is 6. The zero-order valence-corrected chi connectivity index (χ0v) is 15.3. The van der Waals surface area contributed by atoms with Gasteiger partial charge in [0.05, 0.1) is 18.4 Å². The Balaban J connectivity index is 1.46. The van der Waals surface area contributed by atoms with Crippen LogP contribution in [0.25, 0.3) is 0 Å². The van der Waals surface area contributed by atoms with Crippen molar-refractivity contribution in [3.05, 3.63) is 46.6 Å². The van der Waals surface area contributed by atoms with E-state index in [-0.39, 0.29) is 6.10 Å². The molecule has 2 N–H and O–H groups in total. The van der Waals surface area contributed by atoms with E-state index in [1.54, 1.807) is 0 Å². The molecule has 1 aromatic heterocycles. The molecule has 0 aliphatic carbocycles. The molecule has 0 radical (unpaired) electrons. The topological polar surface area (TPSA) is 70.5 Å². The van der Waals surface area contributed by atoms with Crippen molar-refractivity contribution in [2.75, 3.05) is 43.1 Å². The van der Waals surface area contributed by atoms with Crippen LogP contribution in [0.4, 0.5) is 11.8 Å². The predicted octanol–water partition coefficient (Wildman–Crippen LogP) is 2.47. The van der Waals surface area contributed by atoms with Crippen molar-refractivity contribution in [2.24, 2.45) is 0 Å². The first-order chi connectivity index (χ1) is 12.7. The quantitative estimate of drug-likeness (QED) is 0.809. The third-order valence-electron chi connectivity index (χ3n) is 4.84. The summed E-state index contributed by atoms with van der Waals surface area (Å²) in [5.41, 5.74) is 2.20. The van der Waals surface area contributed by atoms with E-state index in [9.17, 15) is 5.11 Å². The largest absolute Gasteiger partial charge is 0.389 e. The Kier molecular flexibility index (Phi) is 5.24. The average molecular weight is 375 g/mol. The van der Waals surface area contributed by atoms with Crippen LogP contribution in [0, 0.1) is 0 Å². The number of nitrogens with zero attached hydrogens (tertiary/aromatic N) is 3. The van der Waals surface area contributed by atoms with Gasteiger partial charge in [-0.25, -0.2) is 4.98 Å². The van der Waals surface area contributed by atoms with Crippen molar-refractivity contribution in [2.45, 2.75) is 24.9 Å². The summed E-state index contributed by atoms with van der Waals surface area (Å²) in [4.78, 5) is 11.4. The lowest BCUT2D eigenvalue weighted by atomic mass is 10.0. The highest BCUT2D eigenvalue weighted by Crippen LogP contribution is 2.28. The molecule has 1 atom stereocenters. The maximum absolute atomic E-state index is 9.58. The Morgan fingerprint density at radius 2 is 2.15 bits per heavy atom. The first-order valence-corrected chi connectivity index (χ1v) is 9.43. The fourth-order valence-corrected chi connectivity index (χ4v) is 3.52. The van der Waals surface area contributed by atoms with Crippen LogP contribution >= 0.6 is 11.6 Å². The molecule has 6 nitrogen and oxygen atoms in total. The lowest BCUT2D eigenvalue weighted by molar-refractivity contribution is 0.140. The van der Waals surface area contributed by atoms with Gasteiger partial charge in [-0.15, -0.1) is 0 Å². The van der Waals surface area contributed by atoms with E-state index in [1.807, 2.05) is 29.2 Å². The van der Waals surface area contributed by atoms with Crippen molar-refractivity contribution in [3.63, 3.8) is 0 Å². The van der Waals surface area contributed by atoms with Gasteiger partial charge in [0.25, 0.3) is 0 Å². The zero-order chi connectivity index (χ0) is 17.9. The Bertz CT molecular complexity index is 761. The van der Waals surface area contributed by atoms with Crippen molar-refractivity contribution < 1.29 is 9.84 Å². The Morgan fingerprint density at radius 3 is 2.88 bits per heavy atom. The van der Waals surface area contributed by atoms with Crippen molar-refractivity contribution in [3.8, 4) is 0 Å². The summed E-state index contributed by atoms with van der Waals surface area (Å²) < 4.78 is 5.51. The molecule has 4 rings (SSSR count). The van der Waals surface area contributed by atoms with Crippen LogP contribution in [0.2, 0.25) is 5.02 Å². The summed E-state index contributed by atoms with van der Waals surface area (Å²) in [6.45, 7) is 3.43. The minimum atomic E-state index is -0.281. The molecule has 2 aliphatic heterocycles. The molecule has 0 bridgehead atoms. The van der Waals surface area contributed by atoms with Gasteiger partial charge >= 0.3 is 0 Å². The average Bonchev–Trinajstić information content (AvgIpc) is 3.13. The predicted molar refractivity (Wildman–Crippen MR) is 102 cm³/mol. The van der Waals surface area contributed by atoms with E-state index >= 15 is 0 Å². The minimum Gasteiger partial charge on any atom is -0.389 e. The molecule has 2 fully saturated rings. The second-order valence-corrected chi connectivity index (χ2v) is 7.34. The number of halogens is 1. The van der Waals surface area contributed by atoms with Gasteiger partial charge in [0, 0.05) is 43.2 Å². The summed E-state index contributed by atoms with van der Waals surface area (Å²) >= 11 is 6.05. The van der Waals surface area contributed by atoms with Crippen LogP contribution in [0.5, 0.6) is 0 Å². The zero-order valence-electron chi connectivity index (χ0n) is 14.6. The fourth-order valence-electron chi connectivity index (χ4n) is 3.31. The van der Waals surface area contributed by atoms with Gasteiger partial charge < -0.3 is 20.1 Å². The molecule has 0 amide bonds. The van der Waals surface area contributed by atoms with Gasteiger partial charge in [-0.05, 0) is 30.5 Å². The van der Waals surface area contributed by atoms with E-state index in [4.69, 9.17) is 21.3 Å². The van der Waals surface area contributed by atoms with Crippen LogP contribution < -0.4 is 10.2 Å². The third-order valence-corrected chi connectivity index (χ3v) is 5.07. The summed E-state index contributed by atoms with van der Waals surface area (Å²) in [7, 11) is 0. The second kappa shape index (κ2) is 7.78. The molecule has 2 aliphatic rings. The first-order valence-electron chi connectivity index (χ1n) is 9.05. The van der Waals surface area contributed by atoms with E-state index in [1.165, 1.54) is 5.56 Å². The fraction of sp³-hybridized carbons (Fsp3) is 0.474. The van der Waals surface area contributed by atoms with Gasteiger partial charge in [-0.2, -0.15) is 4.98 Å². The van der Waals surface area contributed by atoms with Crippen LogP contribution in [-0.4, -0.2) is 54.0 Å². The molecule has 0 unspecified atom stereocenters. The van der Waals surface area contributed by atoms with Crippen molar-refractivity contribution in [1.82, 2.24) is 9.97 Å². The molecular formula is C19H23ClN4O2. The molecule has 2 aromatic rings. The minimum absolute atomic E-state index is 0.281. The molecule has 0 saturated carbocycles. The number of aliphatic hydroxyl groups excluding tert-OH is 1. The highest BCUT2D eigenvalue weighted by Gasteiger charge is 2.28. The second-order valence-electron chi connectivity index (χ2n) is 6.90. The number of ether oxygens (including phenoxy) is 1. The number of rotatable bonds is 6.